The van der Waals surface area contributed by atoms with Gasteiger partial charge in [0.25, 0.3) is 0 Å². The summed E-state index contributed by atoms with van der Waals surface area (Å²) in [4.78, 5) is 0. The molecule has 0 atom stereocenters. The van der Waals surface area contributed by atoms with Gasteiger partial charge in [0, 0.05) is 11.6 Å². The molecule has 4 heteroatoms. The van der Waals surface area contributed by atoms with Gasteiger partial charge in [0.15, 0.2) is 5.06 Å². The van der Waals surface area contributed by atoms with Gasteiger partial charge in [-0.3, -0.25) is 0 Å². The highest BCUT2D eigenvalue weighted by atomic mass is 35.5. The van der Waals surface area contributed by atoms with Crippen molar-refractivity contribution in [2.45, 2.75) is 11.6 Å². The minimum absolute atomic E-state index is 0.539. The molecule has 2 rings (SSSR count). The molecule has 17 heavy (non-hydrogen) atoms. The van der Waals surface area contributed by atoms with Crippen molar-refractivity contribution in [3.63, 3.8) is 0 Å². The van der Waals surface area contributed by atoms with Crippen molar-refractivity contribution in [2.24, 2.45) is 0 Å². The van der Waals surface area contributed by atoms with Gasteiger partial charge >= 0.3 is 0 Å². The first kappa shape index (κ1) is 12.8. The summed E-state index contributed by atoms with van der Waals surface area (Å²) in [6, 6.07) is 9.96. The van der Waals surface area contributed by atoms with Crippen LogP contribution in [0.4, 0.5) is 0 Å². The molecule has 0 N–H and O–H groups in total. The Morgan fingerprint density at radius 1 is 1.24 bits per heavy atom. The van der Waals surface area contributed by atoms with Gasteiger partial charge in [-0.25, -0.2) is 0 Å². The van der Waals surface area contributed by atoms with E-state index in [1.165, 1.54) is 5.56 Å². The quantitative estimate of drug-likeness (QED) is 0.703. The Morgan fingerprint density at radius 3 is 2.65 bits per heavy atom. The first-order chi connectivity index (χ1) is 8.31. The van der Waals surface area contributed by atoms with E-state index in [9.17, 15) is 0 Å². The van der Waals surface area contributed by atoms with Crippen LogP contribution in [0.2, 0.25) is 0 Å². The molecule has 0 radical (unpaired) electrons. The summed E-state index contributed by atoms with van der Waals surface area (Å²) in [5.74, 6) is 2.43. The molecule has 2 aromatic rings. The van der Waals surface area contributed by atoms with Crippen molar-refractivity contribution >= 4 is 34.7 Å². The second-order valence-corrected chi connectivity index (χ2v) is 5.59. The highest BCUT2D eigenvalue weighted by molar-refractivity contribution is 7.97. The van der Waals surface area contributed by atoms with Crippen LogP contribution in [0.15, 0.2) is 35.7 Å². The summed E-state index contributed by atoms with van der Waals surface area (Å²) >= 11 is 9.18. The van der Waals surface area contributed by atoms with Crippen LogP contribution in [0.3, 0.4) is 0 Å². The Bertz CT molecular complexity index is 465. The molecular weight excluding hydrogens is 272 g/mol. The van der Waals surface area contributed by atoms with Crippen LogP contribution in [0.5, 0.6) is 10.8 Å². The molecule has 0 aliphatic rings. The number of benzene rings is 1. The van der Waals surface area contributed by atoms with Crippen molar-refractivity contribution in [1.29, 1.82) is 0 Å². The number of alkyl halides is 1. The normalized spacial score (nSPS) is 10.5. The van der Waals surface area contributed by atoms with Gasteiger partial charge in [-0.1, -0.05) is 12.1 Å². The fourth-order valence-electron chi connectivity index (χ4n) is 1.41. The van der Waals surface area contributed by atoms with Crippen molar-refractivity contribution in [3.8, 4) is 10.8 Å². The maximum absolute atomic E-state index is 5.77. The molecule has 1 heterocycles. The Labute approximate surface area is 115 Å². The first-order valence-electron chi connectivity index (χ1n) is 5.21. The Balaban J connectivity index is 2.03. The van der Waals surface area contributed by atoms with E-state index >= 15 is 0 Å². The minimum Gasteiger partial charge on any atom is -0.447 e. The van der Waals surface area contributed by atoms with E-state index in [1.54, 1.807) is 11.3 Å². The predicted molar refractivity (Wildman–Crippen MR) is 77.6 cm³/mol. The third kappa shape index (κ3) is 3.66. The second kappa shape index (κ2) is 6.34. The van der Waals surface area contributed by atoms with E-state index in [0.29, 0.717) is 5.88 Å². The summed E-state index contributed by atoms with van der Waals surface area (Å²) < 4.78 is 5.77. The molecule has 0 aliphatic carbocycles. The Morgan fingerprint density at radius 2 is 2.00 bits per heavy atom. The van der Waals surface area contributed by atoms with Crippen molar-refractivity contribution in [2.75, 3.05) is 6.26 Å². The number of halogens is 1. The van der Waals surface area contributed by atoms with Gasteiger partial charge < -0.3 is 4.74 Å². The average Bonchev–Trinajstić information content (AvgIpc) is 2.78. The van der Waals surface area contributed by atoms with E-state index in [4.69, 9.17) is 16.3 Å². The molecule has 0 bridgehead atoms. The SMILES string of the molecule is CSCc1csc(Oc2ccc(CCl)cc2)c1. The smallest absolute Gasteiger partial charge is 0.181 e. The van der Waals surface area contributed by atoms with Gasteiger partial charge in [0.2, 0.25) is 0 Å². The molecule has 0 amide bonds. The molecule has 0 fully saturated rings. The number of thiophene rings is 1. The van der Waals surface area contributed by atoms with E-state index in [2.05, 4.69) is 17.7 Å². The van der Waals surface area contributed by atoms with Crippen LogP contribution in [0.1, 0.15) is 11.1 Å². The number of thioether (sulfide) groups is 1. The monoisotopic (exact) mass is 284 g/mol. The molecule has 1 nitrogen and oxygen atoms in total. The molecule has 0 aliphatic heterocycles. The minimum atomic E-state index is 0.539. The number of rotatable bonds is 5. The summed E-state index contributed by atoms with van der Waals surface area (Å²) in [5.41, 5.74) is 2.42. The Kier molecular flexibility index (Phi) is 4.77. The van der Waals surface area contributed by atoms with Crippen molar-refractivity contribution in [1.82, 2.24) is 0 Å². The van der Waals surface area contributed by atoms with E-state index in [0.717, 1.165) is 22.1 Å². The summed E-state index contributed by atoms with van der Waals surface area (Å²) in [6.45, 7) is 0. The molecule has 1 aromatic heterocycles. The molecule has 0 spiro atoms. The molecule has 0 saturated heterocycles. The number of hydrogen-bond donors (Lipinski definition) is 0. The van der Waals surface area contributed by atoms with E-state index in [1.807, 2.05) is 36.0 Å². The fraction of sp³-hybridized carbons (Fsp3) is 0.231. The number of hydrogen-bond acceptors (Lipinski definition) is 3. The molecule has 1 aromatic carbocycles. The maximum atomic E-state index is 5.77. The van der Waals surface area contributed by atoms with Gasteiger partial charge in [-0.15, -0.1) is 22.9 Å². The van der Waals surface area contributed by atoms with Gasteiger partial charge in [-0.2, -0.15) is 11.8 Å². The van der Waals surface area contributed by atoms with Crippen molar-refractivity contribution in [3.05, 3.63) is 46.8 Å². The van der Waals surface area contributed by atoms with Crippen molar-refractivity contribution < 1.29 is 4.74 Å². The van der Waals surface area contributed by atoms with Crippen LogP contribution < -0.4 is 4.74 Å². The van der Waals surface area contributed by atoms with Crippen LogP contribution in [0.25, 0.3) is 0 Å². The lowest BCUT2D eigenvalue weighted by Crippen LogP contribution is -1.82. The highest BCUT2D eigenvalue weighted by Crippen LogP contribution is 2.30. The zero-order valence-electron chi connectivity index (χ0n) is 9.48. The van der Waals surface area contributed by atoms with Gasteiger partial charge in [-0.05, 0) is 41.0 Å². The third-order valence-electron chi connectivity index (χ3n) is 2.24. The standard InChI is InChI=1S/C13H13ClOS2/c1-16-8-11-6-13(17-9-11)15-12-4-2-10(7-14)3-5-12/h2-6,9H,7-8H2,1H3. The highest BCUT2D eigenvalue weighted by Gasteiger charge is 2.02. The number of ether oxygens (including phenoxy) is 1. The van der Waals surface area contributed by atoms with Gasteiger partial charge in [0.1, 0.15) is 5.75 Å². The van der Waals surface area contributed by atoms with E-state index < -0.39 is 0 Å². The average molecular weight is 285 g/mol. The molecule has 0 saturated carbocycles. The summed E-state index contributed by atoms with van der Waals surface area (Å²) in [7, 11) is 0. The van der Waals surface area contributed by atoms with Crippen LogP contribution in [0, 0.1) is 0 Å². The Hall–Kier alpha value is -0.640. The lowest BCUT2D eigenvalue weighted by Gasteiger charge is -2.02. The lowest BCUT2D eigenvalue weighted by molar-refractivity contribution is 0.496. The predicted octanol–water partition coefficient (Wildman–Crippen LogP) is 5.14. The lowest BCUT2D eigenvalue weighted by atomic mass is 10.2. The largest absolute Gasteiger partial charge is 0.447 e. The van der Waals surface area contributed by atoms with Crippen LogP contribution in [-0.2, 0) is 11.6 Å². The maximum Gasteiger partial charge on any atom is 0.181 e. The molecule has 90 valence electrons. The third-order valence-corrected chi connectivity index (χ3v) is 4.02. The fourth-order valence-corrected chi connectivity index (χ4v) is 2.98. The zero-order chi connectivity index (χ0) is 12.1. The first-order valence-corrected chi connectivity index (χ1v) is 8.01. The molecular formula is C13H13ClOS2. The van der Waals surface area contributed by atoms with Crippen LogP contribution in [-0.4, -0.2) is 6.26 Å². The summed E-state index contributed by atoms with van der Waals surface area (Å²) in [5, 5.41) is 3.08. The van der Waals surface area contributed by atoms with Crippen LogP contribution >= 0.6 is 34.7 Å². The summed E-state index contributed by atoms with van der Waals surface area (Å²) in [6.07, 6.45) is 2.10. The van der Waals surface area contributed by atoms with Gasteiger partial charge in [0.05, 0.1) is 0 Å². The zero-order valence-corrected chi connectivity index (χ0v) is 11.9. The topological polar surface area (TPSA) is 9.23 Å². The molecule has 0 unspecified atom stereocenters. The van der Waals surface area contributed by atoms with E-state index in [-0.39, 0.29) is 0 Å². The second-order valence-electron chi connectivity index (χ2n) is 3.59.